The molecular weight excluding hydrogens is 352 g/mol. The first-order valence-corrected chi connectivity index (χ1v) is 11.1. The van der Waals surface area contributed by atoms with E-state index in [9.17, 15) is 8.42 Å². The van der Waals surface area contributed by atoms with Gasteiger partial charge in [0.2, 0.25) is 0 Å². The summed E-state index contributed by atoms with van der Waals surface area (Å²) >= 11 is 3.34. The van der Waals surface area contributed by atoms with Crippen molar-refractivity contribution in [1.82, 2.24) is 5.32 Å². The molecule has 1 aromatic rings. The SMILES string of the molecule is CC(SCc1csc(CC2CCCCN2)c1)C(N)=NS(N)(=O)=O. The zero-order valence-corrected chi connectivity index (χ0v) is 15.6. The maximum atomic E-state index is 10.9. The Labute approximate surface area is 146 Å². The molecule has 130 valence electrons. The molecule has 6 nitrogen and oxygen atoms in total. The van der Waals surface area contributed by atoms with Gasteiger partial charge in [-0.1, -0.05) is 6.42 Å². The van der Waals surface area contributed by atoms with E-state index >= 15 is 0 Å². The minimum Gasteiger partial charge on any atom is -0.385 e. The molecule has 0 spiro atoms. The summed E-state index contributed by atoms with van der Waals surface area (Å²) in [5, 5.41) is 10.4. The van der Waals surface area contributed by atoms with Gasteiger partial charge in [-0.2, -0.15) is 8.42 Å². The summed E-state index contributed by atoms with van der Waals surface area (Å²) in [5.74, 6) is 0.815. The number of nitrogens with two attached hydrogens (primary N) is 2. The quantitative estimate of drug-likeness (QED) is 0.495. The molecule has 23 heavy (non-hydrogen) atoms. The van der Waals surface area contributed by atoms with E-state index in [-0.39, 0.29) is 11.1 Å². The van der Waals surface area contributed by atoms with Crippen molar-refractivity contribution in [2.24, 2.45) is 15.3 Å². The minimum absolute atomic E-state index is 0.0411. The molecule has 0 saturated carbocycles. The highest BCUT2D eigenvalue weighted by molar-refractivity contribution is 7.99. The van der Waals surface area contributed by atoms with Crippen LogP contribution in [0.5, 0.6) is 0 Å². The molecule has 2 unspecified atom stereocenters. The Hall–Kier alpha value is -0.610. The summed E-state index contributed by atoms with van der Waals surface area (Å²) in [5.41, 5.74) is 6.90. The van der Waals surface area contributed by atoms with Crippen LogP contribution in [0.15, 0.2) is 15.8 Å². The largest absolute Gasteiger partial charge is 0.385 e. The molecule has 1 aliphatic heterocycles. The summed E-state index contributed by atoms with van der Waals surface area (Å²) in [7, 11) is -3.92. The van der Waals surface area contributed by atoms with Gasteiger partial charge in [-0.25, -0.2) is 5.14 Å². The predicted octanol–water partition coefficient (Wildman–Crippen LogP) is 1.62. The molecular formula is C14H24N4O2S3. The van der Waals surface area contributed by atoms with Gasteiger partial charge in [0.05, 0.1) is 5.25 Å². The summed E-state index contributed by atoms with van der Waals surface area (Å²) in [6.07, 6.45) is 4.92. The number of hydrogen-bond acceptors (Lipinski definition) is 5. The van der Waals surface area contributed by atoms with Crippen LogP contribution in [0.1, 0.15) is 36.6 Å². The van der Waals surface area contributed by atoms with Crippen molar-refractivity contribution in [1.29, 1.82) is 0 Å². The highest BCUT2D eigenvalue weighted by atomic mass is 32.2. The van der Waals surface area contributed by atoms with Crippen molar-refractivity contribution in [3.05, 3.63) is 21.9 Å². The molecule has 1 aliphatic rings. The number of nitrogens with one attached hydrogen (secondary N) is 1. The summed E-state index contributed by atoms with van der Waals surface area (Å²) in [6, 6.07) is 2.83. The van der Waals surface area contributed by atoms with Crippen molar-refractivity contribution in [3.8, 4) is 0 Å². The van der Waals surface area contributed by atoms with E-state index in [0.717, 1.165) is 18.7 Å². The van der Waals surface area contributed by atoms with E-state index in [0.29, 0.717) is 6.04 Å². The van der Waals surface area contributed by atoms with Crippen LogP contribution in [0.2, 0.25) is 0 Å². The maximum Gasteiger partial charge on any atom is 0.318 e. The molecule has 1 saturated heterocycles. The van der Waals surface area contributed by atoms with Gasteiger partial charge in [-0.3, -0.25) is 0 Å². The first-order chi connectivity index (χ1) is 10.8. The van der Waals surface area contributed by atoms with Crippen LogP contribution in [-0.4, -0.2) is 32.1 Å². The maximum absolute atomic E-state index is 10.9. The lowest BCUT2D eigenvalue weighted by Gasteiger charge is -2.22. The Morgan fingerprint density at radius 1 is 1.57 bits per heavy atom. The predicted molar refractivity (Wildman–Crippen MR) is 99.2 cm³/mol. The van der Waals surface area contributed by atoms with Crippen LogP contribution < -0.4 is 16.2 Å². The van der Waals surface area contributed by atoms with Gasteiger partial charge in [0.1, 0.15) is 5.84 Å². The molecule has 2 heterocycles. The van der Waals surface area contributed by atoms with Crippen LogP contribution in [0.3, 0.4) is 0 Å². The minimum atomic E-state index is -3.92. The van der Waals surface area contributed by atoms with E-state index in [4.69, 9.17) is 10.9 Å². The average Bonchev–Trinajstić information content (AvgIpc) is 2.91. The third-order valence-corrected chi connectivity index (χ3v) is 6.43. The molecule has 0 amide bonds. The van der Waals surface area contributed by atoms with E-state index in [1.54, 1.807) is 23.1 Å². The standard InChI is InChI=1S/C14H24N4O2S3/c1-10(14(15)18-23(16,19)20)21-8-11-6-13(22-9-11)7-12-4-2-3-5-17-12/h6,9-10,12,17H,2-5,7-8H2,1H3,(H2,15,18)(H2,16,19,20). The smallest absolute Gasteiger partial charge is 0.318 e. The fourth-order valence-electron chi connectivity index (χ4n) is 2.48. The highest BCUT2D eigenvalue weighted by Gasteiger charge is 2.15. The Kier molecular flexibility index (Phi) is 6.90. The zero-order valence-electron chi connectivity index (χ0n) is 13.2. The number of hydrogen-bond donors (Lipinski definition) is 3. The summed E-state index contributed by atoms with van der Waals surface area (Å²) < 4.78 is 25.1. The zero-order chi connectivity index (χ0) is 16.9. The van der Waals surface area contributed by atoms with Gasteiger partial charge >= 0.3 is 10.2 Å². The van der Waals surface area contributed by atoms with Crippen molar-refractivity contribution in [3.63, 3.8) is 0 Å². The van der Waals surface area contributed by atoms with Gasteiger partial charge in [-0.05, 0) is 49.7 Å². The fraction of sp³-hybridized carbons (Fsp3) is 0.643. The first-order valence-electron chi connectivity index (χ1n) is 7.63. The lowest BCUT2D eigenvalue weighted by molar-refractivity contribution is 0.401. The topological polar surface area (TPSA) is 111 Å². The normalized spacial score (nSPS) is 21.3. The molecule has 0 aliphatic carbocycles. The molecule has 1 aromatic heterocycles. The Bertz CT molecular complexity index is 636. The van der Waals surface area contributed by atoms with E-state index in [2.05, 4.69) is 21.2 Å². The molecule has 5 N–H and O–H groups in total. The average molecular weight is 377 g/mol. The lowest BCUT2D eigenvalue weighted by atomic mass is 10.0. The summed E-state index contributed by atoms with van der Waals surface area (Å²) in [6.45, 7) is 2.95. The number of thiophene rings is 1. The van der Waals surface area contributed by atoms with Gasteiger partial charge in [-0.15, -0.1) is 27.5 Å². The molecule has 2 rings (SSSR count). The Balaban J connectivity index is 1.83. The molecule has 0 radical (unpaired) electrons. The number of amidine groups is 1. The third kappa shape index (κ3) is 6.80. The van der Waals surface area contributed by atoms with Gasteiger partial charge < -0.3 is 11.1 Å². The second-order valence-electron chi connectivity index (χ2n) is 5.76. The number of piperidine rings is 1. The van der Waals surface area contributed by atoms with Gasteiger partial charge in [0, 0.05) is 16.7 Å². The highest BCUT2D eigenvalue weighted by Crippen LogP contribution is 2.24. The molecule has 0 bridgehead atoms. The van der Waals surface area contributed by atoms with Crippen molar-refractivity contribution >= 4 is 39.1 Å². The van der Waals surface area contributed by atoms with Gasteiger partial charge in [0.25, 0.3) is 0 Å². The van der Waals surface area contributed by atoms with Crippen molar-refractivity contribution in [2.75, 3.05) is 6.54 Å². The van der Waals surface area contributed by atoms with Crippen molar-refractivity contribution in [2.45, 2.75) is 49.7 Å². The number of rotatable bonds is 7. The van der Waals surface area contributed by atoms with Crippen LogP contribution in [-0.2, 0) is 22.4 Å². The van der Waals surface area contributed by atoms with E-state index < -0.39 is 10.2 Å². The number of nitrogens with zero attached hydrogens (tertiary/aromatic N) is 1. The van der Waals surface area contributed by atoms with Crippen LogP contribution in [0.25, 0.3) is 0 Å². The van der Waals surface area contributed by atoms with E-state index in [1.807, 2.05) is 6.92 Å². The number of thioether (sulfide) groups is 1. The Morgan fingerprint density at radius 3 is 3.00 bits per heavy atom. The third-order valence-electron chi connectivity index (χ3n) is 3.72. The van der Waals surface area contributed by atoms with Crippen LogP contribution in [0.4, 0.5) is 0 Å². The molecule has 2 atom stereocenters. The molecule has 9 heteroatoms. The van der Waals surface area contributed by atoms with Crippen LogP contribution in [0, 0.1) is 0 Å². The monoisotopic (exact) mass is 376 g/mol. The second-order valence-corrected chi connectivity index (χ2v) is 9.29. The second kappa shape index (κ2) is 8.48. The van der Waals surface area contributed by atoms with Gasteiger partial charge in [0.15, 0.2) is 0 Å². The Morgan fingerprint density at radius 2 is 2.35 bits per heavy atom. The lowest BCUT2D eigenvalue weighted by Crippen LogP contribution is -2.35. The first kappa shape index (κ1) is 18.7. The summed E-state index contributed by atoms with van der Waals surface area (Å²) in [4.78, 5) is 1.39. The van der Waals surface area contributed by atoms with Crippen LogP contribution >= 0.6 is 23.1 Å². The van der Waals surface area contributed by atoms with E-state index in [1.165, 1.54) is 29.7 Å². The molecule has 0 aromatic carbocycles. The van der Waals surface area contributed by atoms with Crippen molar-refractivity contribution < 1.29 is 8.42 Å². The fourth-order valence-corrected chi connectivity index (χ4v) is 4.91. The molecule has 1 fully saturated rings.